The van der Waals surface area contributed by atoms with Gasteiger partial charge in [-0.1, -0.05) is 88.7 Å². The molecule has 0 amide bonds. The molecule has 0 saturated carbocycles. The second kappa shape index (κ2) is 12.9. The number of para-hydroxylation sites is 4. The molecule has 0 fully saturated rings. The summed E-state index contributed by atoms with van der Waals surface area (Å²) in [7, 11) is 0. The minimum absolute atomic E-state index is 0. The maximum absolute atomic E-state index is 6.50. The summed E-state index contributed by atoms with van der Waals surface area (Å²) in [5.41, 5.74) is 8.81. The van der Waals surface area contributed by atoms with Crippen LogP contribution in [0, 0.1) is 18.8 Å². The van der Waals surface area contributed by atoms with Crippen molar-refractivity contribution in [3.05, 3.63) is 151 Å². The predicted molar refractivity (Wildman–Crippen MR) is 197 cm³/mol. The van der Waals surface area contributed by atoms with Crippen LogP contribution >= 0.6 is 0 Å². The van der Waals surface area contributed by atoms with Crippen molar-refractivity contribution in [2.24, 2.45) is 0 Å². The number of hydrogen-bond acceptors (Lipinski definition) is 4. The fourth-order valence-corrected chi connectivity index (χ4v) is 6.62. The normalized spacial score (nSPS) is 12.9. The Hall–Kier alpha value is -4.86. The number of rotatable bonds is 6. The van der Waals surface area contributed by atoms with Gasteiger partial charge in [-0.3, -0.25) is 0 Å². The molecule has 5 nitrogen and oxygen atoms in total. The minimum atomic E-state index is -0.00257. The van der Waals surface area contributed by atoms with Crippen LogP contribution in [0.15, 0.2) is 121 Å². The van der Waals surface area contributed by atoms with E-state index in [0.29, 0.717) is 17.4 Å². The van der Waals surface area contributed by atoms with Gasteiger partial charge in [0.2, 0.25) is 0 Å². The third kappa shape index (κ3) is 5.91. The van der Waals surface area contributed by atoms with E-state index in [1.165, 1.54) is 16.8 Å². The standard InChI is InChI=1S/C43H37N4O.Pt/c1-29(2)34-15-6-8-17-37(34)46-28-45(39-19-10-11-20-40(39)46)31-13-12-14-32(26-31)48-33-21-22-36-35-16-7-9-18-38(35)47(41(36)27-33)42-25-30(23-24-44-42)43(3,4)5;/h6-25,28-29H,1-5H3;/q-3;. The fourth-order valence-electron chi connectivity index (χ4n) is 6.62. The van der Waals surface area contributed by atoms with E-state index >= 15 is 0 Å². The van der Waals surface area contributed by atoms with Gasteiger partial charge in [-0.15, -0.1) is 48.1 Å². The van der Waals surface area contributed by atoms with E-state index in [1.807, 2.05) is 24.4 Å². The summed E-state index contributed by atoms with van der Waals surface area (Å²) in [6, 6.07) is 47.1. The first-order valence-corrected chi connectivity index (χ1v) is 16.5. The molecule has 0 spiro atoms. The van der Waals surface area contributed by atoms with Gasteiger partial charge in [0, 0.05) is 61.3 Å². The first-order valence-electron chi connectivity index (χ1n) is 16.5. The van der Waals surface area contributed by atoms with Crippen molar-refractivity contribution in [3.63, 3.8) is 0 Å². The van der Waals surface area contributed by atoms with Gasteiger partial charge in [-0.25, -0.2) is 4.98 Å². The number of pyridine rings is 1. The summed E-state index contributed by atoms with van der Waals surface area (Å²) in [5.74, 6) is 2.49. The maximum atomic E-state index is 6.50. The summed E-state index contributed by atoms with van der Waals surface area (Å²) in [5, 5.41) is 2.25. The first kappa shape index (κ1) is 32.7. The van der Waals surface area contributed by atoms with E-state index in [-0.39, 0.29) is 26.5 Å². The molecular weight excluding hydrogens is 784 g/mol. The van der Waals surface area contributed by atoms with Crippen LogP contribution in [0.2, 0.25) is 0 Å². The van der Waals surface area contributed by atoms with E-state index in [4.69, 9.17) is 9.72 Å². The monoisotopic (exact) mass is 820 g/mol. The Morgan fingerprint density at radius 2 is 1.39 bits per heavy atom. The van der Waals surface area contributed by atoms with Gasteiger partial charge in [0.25, 0.3) is 0 Å². The minimum Gasteiger partial charge on any atom is -0.509 e. The smallest absolute Gasteiger partial charge is 0.135 e. The Morgan fingerprint density at radius 3 is 2.16 bits per heavy atom. The van der Waals surface area contributed by atoms with Crippen molar-refractivity contribution in [2.45, 2.75) is 46.0 Å². The summed E-state index contributed by atoms with van der Waals surface area (Å²) in [6.07, 6.45) is 1.90. The molecule has 0 aliphatic carbocycles. The molecule has 0 atom stereocenters. The predicted octanol–water partition coefficient (Wildman–Crippen LogP) is 11.4. The van der Waals surface area contributed by atoms with Crippen molar-refractivity contribution in [3.8, 4) is 17.3 Å². The maximum Gasteiger partial charge on any atom is 0.135 e. The number of aromatic nitrogens is 2. The Balaban J connectivity index is 0.00000378. The molecule has 1 aliphatic heterocycles. The zero-order valence-electron chi connectivity index (χ0n) is 28.2. The van der Waals surface area contributed by atoms with Crippen LogP contribution in [0.1, 0.15) is 51.7 Å². The van der Waals surface area contributed by atoms with Crippen molar-refractivity contribution in [1.29, 1.82) is 0 Å². The molecule has 248 valence electrons. The number of nitrogens with zero attached hydrogens (tertiary/aromatic N) is 4. The molecule has 49 heavy (non-hydrogen) atoms. The SMILES string of the molecule is CC(C)c1ccccc1N1[CH-]N(c2[c-]c(Oc3[c-]c4c(cc3)c3ccccc3n4-c3cc(C(C)(C)C)ccn3)ccc2)c2ccccc21.[Pt]. The van der Waals surface area contributed by atoms with Crippen LogP contribution in [-0.4, -0.2) is 9.55 Å². The first-order chi connectivity index (χ1) is 23.3. The number of benzene rings is 5. The average Bonchev–Trinajstić information content (AvgIpc) is 3.64. The zero-order chi connectivity index (χ0) is 33.0. The van der Waals surface area contributed by atoms with Crippen LogP contribution in [-0.2, 0) is 26.5 Å². The molecule has 0 radical (unpaired) electrons. The molecule has 3 heterocycles. The Morgan fingerprint density at radius 1 is 0.694 bits per heavy atom. The topological polar surface area (TPSA) is 33.5 Å². The van der Waals surface area contributed by atoms with Gasteiger partial charge < -0.3 is 19.1 Å². The molecule has 8 rings (SSSR count). The van der Waals surface area contributed by atoms with Gasteiger partial charge >= 0.3 is 0 Å². The second-order valence-electron chi connectivity index (χ2n) is 13.7. The molecule has 1 aliphatic rings. The Kier molecular flexibility index (Phi) is 8.58. The van der Waals surface area contributed by atoms with Gasteiger partial charge in [-0.2, -0.15) is 12.1 Å². The molecule has 5 aromatic carbocycles. The van der Waals surface area contributed by atoms with Crippen molar-refractivity contribution in [1.82, 2.24) is 9.55 Å². The van der Waals surface area contributed by atoms with Crippen molar-refractivity contribution < 1.29 is 25.8 Å². The van der Waals surface area contributed by atoms with E-state index in [1.54, 1.807) is 0 Å². The largest absolute Gasteiger partial charge is 0.509 e. The summed E-state index contributed by atoms with van der Waals surface area (Å²) < 4.78 is 8.69. The molecule has 2 aromatic heterocycles. The van der Waals surface area contributed by atoms with Crippen molar-refractivity contribution >= 4 is 44.6 Å². The van der Waals surface area contributed by atoms with Gasteiger partial charge in [-0.05, 0) is 64.2 Å². The number of fused-ring (bicyclic) bond motifs is 4. The summed E-state index contributed by atoms with van der Waals surface area (Å²) in [4.78, 5) is 9.26. The molecule has 0 bridgehead atoms. The van der Waals surface area contributed by atoms with Crippen molar-refractivity contribution in [2.75, 3.05) is 9.80 Å². The third-order valence-electron chi connectivity index (χ3n) is 9.08. The van der Waals surface area contributed by atoms with E-state index < -0.39 is 0 Å². The van der Waals surface area contributed by atoms with Gasteiger partial charge in [0.05, 0.1) is 0 Å². The molecular formula is C43H37N4OPt-3. The van der Waals surface area contributed by atoms with E-state index in [0.717, 1.165) is 44.7 Å². The average molecular weight is 821 g/mol. The van der Waals surface area contributed by atoms with Crippen LogP contribution < -0.4 is 14.5 Å². The molecule has 0 saturated heterocycles. The zero-order valence-corrected chi connectivity index (χ0v) is 30.5. The van der Waals surface area contributed by atoms with Gasteiger partial charge in [0.1, 0.15) is 5.82 Å². The number of hydrogen-bond donors (Lipinski definition) is 0. The third-order valence-corrected chi connectivity index (χ3v) is 9.08. The fraction of sp³-hybridized carbons (Fsp3) is 0.163. The quantitative estimate of drug-likeness (QED) is 0.157. The van der Waals surface area contributed by atoms with Crippen LogP contribution in [0.5, 0.6) is 11.5 Å². The van der Waals surface area contributed by atoms with Crippen LogP contribution in [0.3, 0.4) is 0 Å². The van der Waals surface area contributed by atoms with Crippen LogP contribution in [0.25, 0.3) is 27.6 Å². The summed E-state index contributed by atoms with van der Waals surface area (Å²) in [6.45, 7) is 13.3. The van der Waals surface area contributed by atoms with Gasteiger partial charge in [0.15, 0.2) is 0 Å². The van der Waals surface area contributed by atoms with E-state index in [2.05, 4.69) is 165 Å². The van der Waals surface area contributed by atoms with E-state index in [9.17, 15) is 0 Å². The Bertz CT molecular complexity index is 2300. The second-order valence-corrected chi connectivity index (χ2v) is 13.7. The Labute approximate surface area is 303 Å². The molecule has 7 aromatic rings. The summed E-state index contributed by atoms with van der Waals surface area (Å²) >= 11 is 0. The molecule has 0 unspecified atom stereocenters. The van der Waals surface area contributed by atoms with Crippen LogP contribution in [0.4, 0.5) is 22.7 Å². The number of anilines is 4. The molecule has 6 heteroatoms. The molecule has 0 N–H and O–H groups in total. The number of ether oxygens (including phenoxy) is 1.